The summed E-state index contributed by atoms with van der Waals surface area (Å²) in [7, 11) is 0. The second-order valence-electron chi connectivity index (χ2n) is 8.18. The van der Waals surface area contributed by atoms with Crippen LogP contribution in [-0.2, 0) is 11.3 Å². The molecule has 0 spiro atoms. The third-order valence-corrected chi connectivity index (χ3v) is 5.90. The van der Waals surface area contributed by atoms with Crippen LogP contribution in [0, 0.1) is 5.92 Å². The predicted octanol–water partition coefficient (Wildman–Crippen LogP) is 4.34. The van der Waals surface area contributed by atoms with Gasteiger partial charge in [-0.05, 0) is 37.3 Å². The minimum atomic E-state index is 0.243. The fourth-order valence-electron chi connectivity index (χ4n) is 4.50. The van der Waals surface area contributed by atoms with Crippen LogP contribution in [0.3, 0.4) is 0 Å². The van der Waals surface area contributed by atoms with E-state index in [0.29, 0.717) is 24.3 Å². The van der Waals surface area contributed by atoms with E-state index >= 15 is 0 Å². The molecule has 134 valence electrons. The molecule has 1 aromatic heterocycles. The van der Waals surface area contributed by atoms with E-state index < -0.39 is 0 Å². The summed E-state index contributed by atoms with van der Waals surface area (Å²) in [6.45, 7) is 6.37. The van der Waals surface area contributed by atoms with Gasteiger partial charge in [0.15, 0.2) is 0 Å². The lowest BCUT2D eigenvalue weighted by molar-refractivity contribution is -0.129. The third kappa shape index (κ3) is 3.19. The van der Waals surface area contributed by atoms with Crippen molar-refractivity contribution in [1.29, 1.82) is 0 Å². The van der Waals surface area contributed by atoms with Gasteiger partial charge in [-0.2, -0.15) is 0 Å². The van der Waals surface area contributed by atoms with E-state index in [-0.39, 0.29) is 5.92 Å². The number of fused-ring (bicyclic) bond motifs is 1. The van der Waals surface area contributed by atoms with Crippen LogP contribution < -0.4 is 0 Å². The largest absolute Gasteiger partial charge is 0.339 e. The SMILES string of the molecule is CC(C)CCn1c(C2CC(=O)N(C3CCCC3)C2)nc2ccccc21. The van der Waals surface area contributed by atoms with Crippen molar-refractivity contribution in [3.63, 3.8) is 0 Å². The van der Waals surface area contributed by atoms with Crippen LogP contribution >= 0.6 is 0 Å². The molecule has 0 bridgehead atoms. The van der Waals surface area contributed by atoms with Gasteiger partial charge >= 0.3 is 0 Å². The molecule has 1 saturated heterocycles. The zero-order valence-electron chi connectivity index (χ0n) is 15.4. The van der Waals surface area contributed by atoms with Crippen molar-refractivity contribution < 1.29 is 4.79 Å². The van der Waals surface area contributed by atoms with Gasteiger partial charge in [0.05, 0.1) is 11.0 Å². The predicted molar refractivity (Wildman–Crippen MR) is 101 cm³/mol. The summed E-state index contributed by atoms with van der Waals surface area (Å²) in [5.41, 5.74) is 2.28. The van der Waals surface area contributed by atoms with Gasteiger partial charge in [-0.15, -0.1) is 0 Å². The molecule has 1 saturated carbocycles. The molecule has 1 aliphatic heterocycles. The highest BCUT2D eigenvalue weighted by Crippen LogP contribution is 2.35. The standard InChI is InChI=1S/C21H29N3O/c1-15(2)11-12-23-19-10-6-5-9-18(19)22-21(23)16-13-20(25)24(14-16)17-7-3-4-8-17/h5-6,9-10,15-17H,3-4,7-8,11-14H2,1-2H3. The average molecular weight is 339 g/mol. The molecule has 4 nitrogen and oxygen atoms in total. The van der Waals surface area contributed by atoms with Crippen molar-refractivity contribution in [2.45, 2.75) is 70.9 Å². The topological polar surface area (TPSA) is 38.1 Å². The lowest BCUT2D eigenvalue weighted by Crippen LogP contribution is -2.34. The zero-order valence-corrected chi connectivity index (χ0v) is 15.4. The zero-order chi connectivity index (χ0) is 17.4. The summed E-state index contributed by atoms with van der Waals surface area (Å²) in [4.78, 5) is 19.7. The van der Waals surface area contributed by atoms with E-state index in [1.54, 1.807) is 0 Å². The Balaban J connectivity index is 1.64. The third-order valence-electron chi connectivity index (χ3n) is 5.90. The molecule has 2 fully saturated rings. The molecular weight excluding hydrogens is 310 g/mol. The highest BCUT2D eigenvalue weighted by molar-refractivity contribution is 5.81. The van der Waals surface area contributed by atoms with Crippen LogP contribution in [0.4, 0.5) is 0 Å². The Kier molecular flexibility index (Phi) is 4.53. The van der Waals surface area contributed by atoms with E-state index in [0.717, 1.165) is 30.9 Å². The average Bonchev–Trinajstić information content (AvgIpc) is 3.30. The van der Waals surface area contributed by atoms with Crippen molar-refractivity contribution in [2.75, 3.05) is 6.54 Å². The van der Waals surface area contributed by atoms with Crippen molar-refractivity contribution in [2.24, 2.45) is 5.92 Å². The number of imidazole rings is 1. The first kappa shape index (κ1) is 16.6. The maximum absolute atomic E-state index is 12.6. The van der Waals surface area contributed by atoms with E-state index in [2.05, 4.69) is 47.6 Å². The van der Waals surface area contributed by atoms with Gasteiger partial charge in [-0.25, -0.2) is 4.98 Å². The Hall–Kier alpha value is -1.84. The first-order valence-electron chi connectivity index (χ1n) is 9.88. The molecule has 1 atom stereocenters. The summed E-state index contributed by atoms with van der Waals surface area (Å²) in [5.74, 6) is 2.36. The molecule has 25 heavy (non-hydrogen) atoms. The van der Waals surface area contributed by atoms with E-state index in [4.69, 9.17) is 4.98 Å². The minimum absolute atomic E-state index is 0.243. The maximum atomic E-state index is 12.6. The fourth-order valence-corrected chi connectivity index (χ4v) is 4.50. The number of hydrogen-bond acceptors (Lipinski definition) is 2. The van der Waals surface area contributed by atoms with E-state index in [9.17, 15) is 4.79 Å². The Labute approximate surface area is 150 Å². The lowest BCUT2D eigenvalue weighted by atomic mass is 10.1. The molecule has 1 aromatic carbocycles. The molecular formula is C21H29N3O. The molecule has 4 rings (SSSR count). The number of carbonyl (C=O) groups excluding carboxylic acids is 1. The number of carbonyl (C=O) groups is 1. The summed E-state index contributed by atoms with van der Waals surface area (Å²) in [5, 5.41) is 0. The van der Waals surface area contributed by atoms with Crippen LogP contribution in [0.2, 0.25) is 0 Å². The van der Waals surface area contributed by atoms with Crippen LogP contribution in [-0.4, -0.2) is 32.9 Å². The maximum Gasteiger partial charge on any atom is 0.223 e. The van der Waals surface area contributed by atoms with Crippen LogP contribution in [0.1, 0.15) is 64.1 Å². The van der Waals surface area contributed by atoms with Crippen LogP contribution in [0.25, 0.3) is 11.0 Å². The highest BCUT2D eigenvalue weighted by atomic mass is 16.2. The second kappa shape index (κ2) is 6.81. The molecule has 0 radical (unpaired) electrons. The Morgan fingerprint density at radius 2 is 1.96 bits per heavy atom. The van der Waals surface area contributed by atoms with Crippen LogP contribution in [0.5, 0.6) is 0 Å². The van der Waals surface area contributed by atoms with E-state index in [1.807, 2.05) is 0 Å². The first-order chi connectivity index (χ1) is 12.1. The fraction of sp³-hybridized carbons (Fsp3) is 0.619. The molecule has 2 aromatic rings. The molecule has 0 N–H and O–H groups in total. The Morgan fingerprint density at radius 1 is 1.20 bits per heavy atom. The normalized spacial score (nSPS) is 22.0. The summed E-state index contributed by atoms with van der Waals surface area (Å²) in [6.07, 6.45) is 6.67. The van der Waals surface area contributed by atoms with Gasteiger partial charge in [-0.1, -0.05) is 38.8 Å². The van der Waals surface area contributed by atoms with Crippen molar-refractivity contribution in [3.05, 3.63) is 30.1 Å². The molecule has 1 aliphatic carbocycles. The number of nitrogens with zero attached hydrogens (tertiary/aromatic N) is 3. The number of aryl methyl sites for hydroxylation is 1. The number of likely N-dealkylation sites (tertiary alicyclic amines) is 1. The molecule has 1 unspecified atom stereocenters. The smallest absolute Gasteiger partial charge is 0.223 e. The Bertz CT molecular complexity index is 758. The van der Waals surface area contributed by atoms with Crippen molar-refractivity contribution in [3.8, 4) is 0 Å². The molecule has 2 heterocycles. The number of rotatable bonds is 5. The summed E-state index contributed by atoms with van der Waals surface area (Å²) >= 11 is 0. The number of para-hydroxylation sites is 2. The number of amides is 1. The van der Waals surface area contributed by atoms with Gasteiger partial charge in [0.2, 0.25) is 5.91 Å². The molecule has 2 aliphatic rings. The minimum Gasteiger partial charge on any atom is -0.339 e. The quantitative estimate of drug-likeness (QED) is 0.812. The van der Waals surface area contributed by atoms with Gasteiger partial charge in [0, 0.05) is 31.5 Å². The number of benzene rings is 1. The summed E-state index contributed by atoms with van der Waals surface area (Å²) in [6, 6.07) is 8.88. The van der Waals surface area contributed by atoms with Gasteiger partial charge < -0.3 is 9.47 Å². The molecule has 4 heteroatoms. The number of hydrogen-bond donors (Lipinski definition) is 0. The van der Waals surface area contributed by atoms with Crippen molar-refractivity contribution >= 4 is 16.9 Å². The summed E-state index contributed by atoms with van der Waals surface area (Å²) < 4.78 is 2.38. The van der Waals surface area contributed by atoms with Gasteiger partial charge in [-0.3, -0.25) is 4.79 Å². The van der Waals surface area contributed by atoms with Gasteiger partial charge in [0.25, 0.3) is 0 Å². The molecule has 1 amide bonds. The van der Waals surface area contributed by atoms with E-state index in [1.165, 1.54) is 31.2 Å². The highest BCUT2D eigenvalue weighted by Gasteiger charge is 2.38. The van der Waals surface area contributed by atoms with Crippen LogP contribution in [0.15, 0.2) is 24.3 Å². The van der Waals surface area contributed by atoms with Gasteiger partial charge in [0.1, 0.15) is 5.82 Å². The van der Waals surface area contributed by atoms with Crippen molar-refractivity contribution in [1.82, 2.24) is 14.5 Å². The Morgan fingerprint density at radius 3 is 2.72 bits per heavy atom. The first-order valence-corrected chi connectivity index (χ1v) is 9.88. The number of aromatic nitrogens is 2. The monoisotopic (exact) mass is 339 g/mol. The second-order valence-corrected chi connectivity index (χ2v) is 8.18. The lowest BCUT2D eigenvalue weighted by Gasteiger charge is -2.24.